The molecule has 1 aromatic heterocycles. The molecule has 100 valence electrons. The highest BCUT2D eigenvalue weighted by Crippen LogP contribution is 2.24. The summed E-state index contributed by atoms with van der Waals surface area (Å²) in [5, 5.41) is 3.66. The number of pyridine rings is 1. The third-order valence-electron chi connectivity index (χ3n) is 3.54. The van der Waals surface area contributed by atoms with Gasteiger partial charge < -0.3 is 5.32 Å². The van der Waals surface area contributed by atoms with Crippen LogP contribution in [0.15, 0.2) is 48.8 Å². The van der Waals surface area contributed by atoms with Crippen molar-refractivity contribution in [2.45, 2.75) is 39.8 Å². The van der Waals surface area contributed by atoms with Gasteiger partial charge in [-0.1, -0.05) is 38.1 Å². The Balaban J connectivity index is 2.27. The molecule has 2 rings (SSSR count). The van der Waals surface area contributed by atoms with E-state index in [2.05, 4.69) is 73.4 Å². The summed E-state index contributed by atoms with van der Waals surface area (Å²) in [6.07, 6.45) is 6.56. The van der Waals surface area contributed by atoms with Crippen LogP contribution in [0.25, 0.3) is 0 Å². The monoisotopic (exact) mass is 255 g/mol. The first-order valence-corrected chi connectivity index (χ1v) is 7.09. The van der Waals surface area contributed by atoms with Gasteiger partial charge in [-0.15, -0.1) is 0 Å². The lowest BCUT2D eigenvalue weighted by Gasteiger charge is -2.17. The van der Waals surface area contributed by atoms with Crippen LogP contribution in [-0.4, -0.2) is 0 Å². The Morgan fingerprint density at radius 1 is 0.947 bits per heavy atom. The van der Waals surface area contributed by atoms with Crippen LogP contribution in [-0.2, 0) is 12.8 Å². The molecule has 0 radical (unpaired) electrons. The second kappa shape index (κ2) is 6.37. The number of anilines is 1. The Bertz CT molecular complexity index is 498. The average Bonchev–Trinajstić information content (AvgIpc) is 2.48. The van der Waals surface area contributed by atoms with E-state index in [4.69, 9.17) is 0 Å². The first kappa shape index (κ1) is 13.6. The molecule has 1 heterocycles. The Kier molecular flexibility index (Phi) is 4.56. The fourth-order valence-corrected chi connectivity index (χ4v) is 2.38. The minimum Gasteiger partial charge on any atom is -0.328 e. The maximum Gasteiger partial charge on any atom is 0.228 e. The first-order valence-electron chi connectivity index (χ1n) is 7.09. The summed E-state index contributed by atoms with van der Waals surface area (Å²) in [6, 6.07) is 12.7. The van der Waals surface area contributed by atoms with Crippen molar-refractivity contribution in [3.8, 4) is 0 Å². The molecule has 0 spiro atoms. The molecule has 0 fully saturated rings. The van der Waals surface area contributed by atoms with E-state index in [0.717, 1.165) is 12.8 Å². The standard InChI is InChI=1S/C17H23N2/c1-4-15-10-9-11-16(5-2)17(15)18-14(3)19-12-7-6-8-13-19/h6-14,18H,4-5H2,1-3H3/q+1. The highest BCUT2D eigenvalue weighted by atomic mass is 15.1. The predicted octanol–water partition coefficient (Wildman–Crippen LogP) is 3.73. The lowest BCUT2D eigenvalue weighted by atomic mass is 10.0. The van der Waals surface area contributed by atoms with Crippen LogP contribution in [0.5, 0.6) is 0 Å². The average molecular weight is 255 g/mol. The summed E-state index contributed by atoms with van der Waals surface area (Å²) >= 11 is 0. The molecule has 1 aromatic carbocycles. The Hall–Kier alpha value is -1.83. The molecule has 0 aliphatic carbocycles. The van der Waals surface area contributed by atoms with Crippen LogP contribution < -0.4 is 9.88 Å². The Labute approximate surface area is 116 Å². The van der Waals surface area contributed by atoms with Crippen molar-refractivity contribution in [3.05, 3.63) is 59.9 Å². The number of nitrogens with zero attached hydrogens (tertiary/aromatic N) is 1. The number of aryl methyl sites for hydroxylation is 2. The fraction of sp³-hybridized carbons (Fsp3) is 0.353. The molecule has 0 amide bonds. The van der Waals surface area contributed by atoms with E-state index < -0.39 is 0 Å². The summed E-state index contributed by atoms with van der Waals surface area (Å²) in [6.45, 7) is 6.60. The minimum atomic E-state index is 0.249. The third-order valence-corrected chi connectivity index (χ3v) is 3.54. The van der Waals surface area contributed by atoms with Crippen LogP contribution >= 0.6 is 0 Å². The van der Waals surface area contributed by atoms with Crippen molar-refractivity contribution in [2.24, 2.45) is 0 Å². The maximum atomic E-state index is 3.66. The molecule has 0 aliphatic heterocycles. The first-order chi connectivity index (χ1) is 9.26. The van der Waals surface area contributed by atoms with Crippen molar-refractivity contribution in [1.29, 1.82) is 0 Å². The molecule has 0 saturated heterocycles. The van der Waals surface area contributed by atoms with Crippen molar-refractivity contribution in [3.63, 3.8) is 0 Å². The molecular formula is C17H23N2+. The lowest BCUT2D eigenvalue weighted by Crippen LogP contribution is -2.41. The Morgan fingerprint density at radius 3 is 2.05 bits per heavy atom. The van der Waals surface area contributed by atoms with Gasteiger partial charge >= 0.3 is 0 Å². The zero-order valence-corrected chi connectivity index (χ0v) is 12.1. The van der Waals surface area contributed by atoms with E-state index in [9.17, 15) is 0 Å². The molecule has 2 heteroatoms. The van der Waals surface area contributed by atoms with Crippen molar-refractivity contribution >= 4 is 5.69 Å². The minimum absolute atomic E-state index is 0.249. The van der Waals surface area contributed by atoms with E-state index in [1.807, 2.05) is 6.07 Å². The van der Waals surface area contributed by atoms with E-state index in [0.29, 0.717) is 0 Å². The number of aromatic nitrogens is 1. The van der Waals surface area contributed by atoms with Gasteiger partial charge in [0, 0.05) is 24.7 Å². The van der Waals surface area contributed by atoms with Gasteiger partial charge in [-0.25, -0.2) is 0 Å². The molecule has 1 unspecified atom stereocenters. The van der Waals surface area contributed by atoms with Crippen molar-refractivity contribution in [2.75, 3.05) is 5.32 Å². The SMILES string of the molecule is CCc1cccc(CC)c1NC(C)[n+]1ccccc1. The van der Waals surface area contributed by atoms with Gasteiger partial charge in [-0.3, -0.25) is 0 Å². The molecular weight excluding hydrogens is 232 g/mol. The molecule has 1 atom stereocenters. The van der Waals surface area contributed by atoms with E-state index in [-0.39, 0.29) is 6.17 Å². The van der Waals surface area contributed by atoms with Gasteiger partial charge in [0.2, 0.25) is 6.17 Å². The second-order valence-electron chi connectivity index (χ2n) is 4.80. The highest BCUT2D eigenvalue weighted by molar-refractivity contribution is 5.57. The highest BCUT2D eigenvalue weighted by Gasteiger charge is 2.14. The van der Waals surface area contributed by atoms with Gasteiger partial charge in [0.25, 0.3) is 0 Å². The topological polar surface area (TPSA) is 15.9 Å². The number of nitrogens with one attached hydrogen (secondary N) is 1. The van der Waals surface area contributed by atoms with E-state index >= 15 is 0 Å². The van der Waals surface area contributed by atoms with Crippen LogP contribution in [0.3, 0.4) is 0 Å². The number of para-hydroxylation sites is 1. The summed E-state index contributed by atoms with van der Waals surface area (Å²) < 4.78 is 2.19. The van der Waals surface area contributed by atoms with Crippen LogP contribution in [0.2, 0.25) is 0 Å². The van der Waals surface area contributed by atoms with Crippen LogP contribution in [0.1, 0.15) is 38.1 Å². The normalized spacial score (nSPS) is 12.2. The molecule has 0 saturated carbocycles. The number of rotatable bonds is 5. The van der Waals surface area contributed by atoms with Gasteiger partial charge in [0.1, 0.15) is 0 Å². The molecule has 2 aromatic rings. The smallest absolute Gasteiger partial charge is 0.228 e. The van der Waals surface area contributed by atoms with Gasteiger partial charge in [-0.05, 0) is 24.0 Å². The van der Waals surface area contributed by atoms with Gasteiger partial charge in [0.05, 0.1) is 0 Å². The second-order valence-corrected chi connectivity index (χ2v) is 4.80. The largest absolute Gasteiger partial charge is 0.328 e. The summed E-state index contributed by atoms with van der Waals surface area (Å²) in [4.78, 5) is 0. The zero-order chi connectivity index (χ0) is 13.7. The molecule has 2 nitrogen and oxygen atoms in total. The number of hydrogen-bond donors (Lipinski definition) is 1. The van der Waals surface area contributed by atoms with Crippen molar-refractivity contribution < 1.29 is 4.57 Å². The number of benzene rings is 1. The summed E-state index contributed by atoms with van der Waals surface area (Å²) in [5.41, 5.74) is 4.09. The molecule has 1 N–H and O–H groups in total. The molecule has 0 bridgehead atoms. The predicted molar refractivity (Wildman–Crippen MR) is 80.2 cm³/mol. The molecule has 19 heavy (non-hydrogen) atoms. The van der Waals surface area contributed by atoms with E-state index in [1.54, 1.807) is 0 Å². The van der Waals surface area contributed by atoms with Crippen molar-refractivity contribution in [1.82, 2.24) is 0 Å². The van der Waals surface area contributed by atoms with Gasteiger partial charge in [0.15, 0.2) is 12.4 Å². The fourth-order valence-electron chi connectivity index (χ4n) is 2.38. The van der Waals surface area contributed by atoms with Crippen LogP contribution in [0, 0.1) is 0 Å². The summed E-state index contributed by atoms with van der Waals surface area (Å²) in [5.74, 6) is 0. The molecule has 0 aliphatic rings. The van der Waals surface area contributed by atoms with Gasteiger partial charge in [-0.2, -0.15) is 4.57 Å². The lowest BCUT2D eigenvalue weighted by molar-refractivity contribution is -0.713. The zero-order valence-electron chi connectivity index (χ0n) is 12.1. The number of hydrogen-bond acceptors (Lipinski definition) is 1. The summed E-state index contributed by atoms with van der Waals surface area (Å²) in [7, 11) is 0. The quantitative estimate of drug-likeness (QED) is 0.805. The van der Waals surface area contributed by atoms with E-state index in [1.165, 1.54) is 16.8 Å². The third kappa shape index (κ3) is 3.14. The van der Waals surface area contributed by atoms with Crippen LogP contribution in [0.4, 0.5) is 5.69 Å². The maximum absolute atomic E-state index is 3.66. The Morgan fingerprint density at radius 2 is 1.53 bits per heavy atom.